The van der Waals surface area contributed by atoms with Gasteiger partial charge in [0.15, 0.2) is 17.2 Å². The van der Waals surface area contributed by atoms with Gasteiger partial charge in [0.25, 0.3) is 5.91 Å². The van der Waals surface area contributed by atoms with Crippen LogP contribution in [0.3, 0.4) is 0 Å². The van der Waals surface area contributed by atoms with E-state index in [2.05, 4.69) is 27.8 Å². The average molecular weight is 447 g/mol. The molecule has 9 heteroatoms. The molecule has 0 aliphatic carbocycles. The third kappa shape index (κ3) is 4.97. The Balaban J connectivity index is 1.09. The first-order valence-electron chi connectivity index (χ1n) is 11.0. The number of nitrogens with zero attached hydrogens (tertiary/aromatic N) is 4. The Morgan fingerprint density at radius 1 is 1.09 bits per heavy atom. The zero-order valence-electron chi connectivity index (χ0n) is 18.1. The monoisotopic (exact) mass is 447 g/mol. The first-order chi connectivity index (χ1) is 16.1. The van der Waals surface area contributed by atoms with Crippen molar-refractivity contribution in [2.45, 2.75) is 25.9 Å². The standard InChI is InChI=1S/C24H25N5O4/c30-23-11-19(14-28(23)13-18-6-7-21-22(10-18)33-16-32-21)12-25-24(31)20-15-29(27-26-20)9-8-17-4-2-1-3-5-17/h1-7,10,15,19H,8-9,11-14,16H2,(H,25,31). The van der Waals surface area contributed by atoms with Crippen molar-refractivity contribution in [2.24, 2.45) is 5.92 Å². The molecule has 1 saturated heterocycles. The van der Waals surface area contributed by atoms with Gasteiger partial charge in [-0.1, -0.05) is 41.6 Å². The molecule has 1 fully saturated rings. The zero-order valence-corrected chi connectivity index (χ0v) is 18.1. The van der Waals surface area contributed by atoms with Crippen molar-refractivity contribution >= 4 is 11.8 Å². The van der Waals surface area contributed by atoms with Gasteiger partial charge in [0.05, 0.1) is 6.20 Å². The first kappa shape index (κ1) is 21.0. The summed E-state index contributed by atoms with van der Waals surface area (Å²) in [5.74, 6) is 1.30. The van der Waals surface area contributed by atoms with Crippen LogP contribution in [0, 0.1) is 5.92 Å². The summed E-state index contributed by atoms with van der Waals surface area (Å²) in [6.07, 6.45) is 2.88. The highest BCUT2D eigenvalue weighted by atomic mass is 16.7. The lowest BCUT2D eigenvalue weighted by molar-refractivity contribution is -0.128. The van der Waals surface area contributed by atoms with Crippen LogP contribution < -0.4 is 14.8 Å². The summed E-state index contributed by atoms with van der Waals surface area (Å²) in [5, 5.41) is 10.9. The van der Waals surface area contributed by atoms with Gasteiger partial charge in [-0.25, -0.2) is 0 Å². The largest absolute Gasteiger partial charge is 0.454 e. The average Bonchev–Trinajstić information content (AvgIpc) is 3.57. The summed E-state index contributed by atoms with van der Waals surface area (Å²) in [6.45, 7) is 2.40. The Bertz CT molecular complexity index is 1150. The molecule has 5 rings (SSSR count). The predicted octanol–water partition coefficient (Wildman–Crippen LogP) is 2.03. The quantitative estimate of drug-likeness (QED) is 0.567. The van der Waals surface area contributed by atoms with Crippen LogP contribution >= 0.6 is 0 Å². The van der Waals surface area contributed by atoms with Crippen LogP contribution in [-0.4, -0.2) is 51.6 Å². The van der Waals surface area contributed by atoms with Gasteiger partial charge >= 0.3 is 0 Å². The fourth-order valence-corrected chi connectivity index (χ4v) is 4.13. The second-order valence-corrected chi connectivity index (χ2v) is 8.34. The van der Waals surface area contributed by atoms with E-state index in [9.17, 15) is 9.59 Å². The molecule has 33 heavy (non-hydrogen) atoms. The molecule has 3 aromatic rings. The van der Waals surface area contributed by atoms with Gasteiger partial charge in [-0.2, -0.15) is 0 Å². The Hall–Kier alpha value is -3.88. The number of amides is 2. The molecular formula is C24H25N5O4. The number of aryl methyl sites for hydroxylation is 2. The highest BCUT2D eigenvalue weighted by Gasteiger charge is 2.30. The van der Waals surface area contributed by atoms with Crippen LogP contribution in [0.25, 0.3) is 0 Å². The molecule has 3 heterocycles. The number of carbonyl (C=O) groups is 2. The smallest absolute Gasteiger partial charge is 0.273 e. The predicted molar refractivity (Wildman–Crippen MR) is 119 cm³/mol. The van der Waals surface area contributed by atoms with Gasteiger partial charge < -0.3 is 19.7 Å². The first-order valence-corrected chi connectivity index (χ1v) is 11.0. The summed E-state index contributed by atoms with van der Waals surface area (Å²) in [5.41, 5.74) is 2.48. The highest BCUT2D eigenvalue weighted by molar-refractivity contribution is 5.91. The number of hydrogen-bond acceptors (Lipinski definition) is 6. The summed E-state index contributed by atoms with van der Waals surface area (Å²) in [7, 11) is 0. The van der Waals surface area contributed by atoms with E-state index < -0.39 is 0 Å². The van der Waals surface area contributed by atoms with E-state index in [0.29, 0.717) is 38.3 Å². The molecule has 2 aliphatic heterocycles. The molecule has 0 bridgehead atoms. The van der Waals surface area contributed by atoms with Crippen molar-refractivity contribution in [1.82, 2.24) is 25.2 Å². The fraction of sp³-hybridized carbons (Fsp3) is 0.333. The molecule has 2 aliphatic rings. The van der Waals surface area contributed by atoms with Gasteiger partial charge in [-0.05, 0) is 29.7 Å². The van der Waals surface area contributed by atoms with Gasteiger partial charge in [0, 0.05) is 38.5 Å². The van der Waals surface area contributed by atoms with E-state index in [1.807, 2.05) is 41.3 Å². The van der Waals surface area contributed by atoms with Gasteiger partial charge in [0.1, 0.15) is 0 Å². The molecule has 2 amide bonds. The number of hydrogen-bond donors (Lipinski definition) is 1. The number of fused-ring (bicyclic) bond motifs is 1. The van der Waals surface area contributed by atoms with Crippen molar-refractivity contribution in [3.63, 3.8) is 0 Å². The van der Waals surface area contributed by atoms with E-state index in [0.717, 1.165) is 17.7 Å². The highest BCUT2D eigenvalue weighted by Crippen LogP contribution is 2.33. The lowest BCUT2D eigenvalue weighted by atomic mass is 10.1. The number of carbonyl (C=O) groups excluding carboxylic acids is 2. The van der Waals surface area contributed by atoms with Crippen LogP contribution in [0.15, 0.2) is 54.7 Å². The van der Waals surface area contributed by atoms with Crippen LogP contribution in [0.4, 0.5) is 0 Å². The summed E-state index contributed by atoms with van der Waals surface area (Å²) in [6, 6.07) is 15.8. The molecule has 9 nitrogen and oxygen atoms in total. The maximum absolute atomic E-state index is 12.5. The number of likely N-dealkylation sites (tertiary alicyclic amines) is 1. The van der Waals surface area contributed by atoms with Crippen LogP contribution in [0.5, 0.6) is 11.5 Å². The minimum Gasteiger partial charge on any atom is -0.454 e. The van der Waals surface area contributed by atoms with Crippen molar-refractivity contribution in [3.8, 4) is 11.5 Å². The third-order valence-corrected chi connectivity index (χ3v) is 5.90. The number of rotatable bonds is 8. The molecule has 0 spiro atoms. The van der Waals surface area contributed by atoms with Gasteiger partial charge in [0.2, 0.25) is 12.7 Å². The molecule has 1 N–H and O–H groups in total. The van der Waals surface area contributed by atoms with Crippen LogP contribution in [0.1, 0.15) is 28.0 Å². The lowest BCUT2D eigenvalue weighted by Gasteiger charge is -2.17. The normalized spacial score (nSPS) is 16.9. The summed E-state index contributed by atoms with van der Waals surface area (Å²) in [4.78, 5) is 26.8. The molecule has 2 aromatic carbocycles. The molecule has 1 unspecified atom stereocenters. The number of ether oxygens (including phenoxy) is 2. The van der Waals surface area contributed by atoms with Crippen molar-refractivity contribution in [2.75, 3.05) is 19.9 Å². The molecule has 0 radical (unpaired) electrons. The Labute approximate surface area is 191 Å². The lowest BCUT2D eigenvalue weighted by Crippen LogP contribution is -2.31. The molecule has 170 valence electrons. The fourth-order valence-electron chi connectivity index (χ4n) is 4.13. The SMILES string of the molecule is O=C(NCC1CC(=O)N(Cc2ccc3c(c2)OCO3)C1)c1cn(CCc2ccccc2)nn1. The minimum atomic E-state index is -0.275. The number of nitrogens with one attached hydrogen (secondary N) is 1. The Morgan fingerprint density at radius 3 is 2.82 bits per heavy atom. The van der Waals surface area contributed by atoms with Crippen LogP contribution in [-0.2, 0) is 24.3 Å². The van der Waals surface area contributed by atoms with Gasteiger partial charge in [-0.3, -0.25) is 14.3 Å². The topological polar surface area (TPSA) is 98.6 Å². The molecule has 0 saturated carbocycles. The number of aromatic nitrogens is 3. The maximum Gasteiger partial charge on any atom is 0.273 e. The second kappa shape index (κ2) is 9.32. The summed E-state index contributed by atoms with van der Waals surface area (Å²) < 4.78 is 12.4. The van der Waals surface area contributed by atoms with E-state index in [1.165, 1.54) is 5.56 Å². The van der Waals surface area contributed by atoms with Crippen molar-refractivity contribution in [3.05, 3.63) is 71.5 Å². The number of benzene rings is 2. The van der Waals surface area contributed by atoms with Gasteiger partial charge in [-0.15, -0.1) is 5.10 Å². The molecule has 1 atom stereocenters. The third-order valence-electron chi connectivity index (χ3n) is 5.90. The summed E-state index contributed by atoms with van der Waals surface area (Å²) >= 11 is 0. The molecular weight excluding hydrogens is 422 g/mol. The Kier molecular flexibility index (Phi) is 5.93. The van der Waals surface area contributed by atoms with E-state index in [-0.39, 0.29) is 30.2 Å². The van der Waals surface area contributed by atoms with Crippen molar-refractivity contribution in [1.29, 1.82) is 0 Å². The van der Waals surface area contributed by atoms with Crippen molar-refractivity contribution < 1.29 is 19.1 Å². The zero-order chi connectivity index (χ0) is 22.6. The minimum absolute atomic E-state index is 0.0589. The Morgan fingerprint density at radius 2 is 1.94 bits per heavy atom. The maximum atomic E-state index is 12.5. The second-order valence-electron chi connectivity index (χ2n) is 8.34. The van der Waals surface area contributed by atoms with E-state index >= 15 is 0 Å². The van der Waals surface area contributed by atoms with E-state index in [1.54, 1.807) is 10.9 Å². The van der Waals surface area contributed by atoms with Crippen LogP contribution in [0.2, 0.25) is 0 Å². The molecule has 1 aromatic heterocycles. The van der Waals surface area contributed by atoms with E-state index in [4.69, 9.17) is 9.47 Å².